The van der Waals surface area contributed by atoms with E-state index in [-0.39, 0.29) is 18.3 Å². The molecule has 0 saturated heterocycles. The largest absolute Gasteiger partial charge is 0.330 e. The minimum Gasteiger partial charge on any atom is -0.325 e. The molecule has 0 aliphatic heterocycles. The van der Waals surface area contributed by atoms with E-state index in [1.165, 1.54) is 0 Å². The highest BCUT2D eigenvalue weighted by molar-refractivity contribution is 7.53. The van der Waals surface area contributed by atoms with Crippen LogP contribution >= 0.6 is 7.60 Å². The van der Waals surface area contributed by atoms with Gasteiger partial charge in [-0.25, -0.2) is 9.78 Å². The average molecular weight is 386 g/mol. The number of hydrogen-bond acceptors (Lipinski definition) is 6. The number of aromatic nitrogens is 4. The molecule has 0 bridgehead atoms. The molecule has 0 atom stereocenters. The van der Waals surface area contributed by atoms with Crippen molar-refractivity contribution in [2.45, 2.75) is 46.6 Å². The van der Waals surface area contributed by atoms with Crippen molar-refractivity contribution in [2.75, 3.05) is 19.4 Å². The smallest absolute Gasteiger partial charge is 0.325 e. The first-order valence-corrected chi connectivity index (χ1v) is 10.7. The molecule has 2 rings (SSSR count). The van der Waals surface area contributed by atoms with Gasteiger partial charge < -0.3 is 13.6 Å². The van der Waals surface area contributed by atoms with E-state index in [1.54, 1.807) is 25.5 Å². The van der Waals surface area contributed by atoms with E-state index < -0.39 is 13.3 Å². The second-order valence-electron chi connectivity index (χ2n) is 5.90. The molecule has 146 valence electrons. The number of fused-ring (bicyclic) bond motifs is 1. The molecule has 9 nitrogen and oxygen atoms in total. The van der Waals surface area contributed by atoms with Crippen LogP contribution in [0.2, 0.25) is 0 Å². The zero-order valence-corrected chi connectivity index (χ0v) is 16.7. The molecule has 0 radical (unpaired) electrons. The van der Waals surface area contributed by atoms with E-state index >= 15 is 0 Å². The zero-order chi connectivity index (χ0) is 19.3. The summed E-state index contributed by atoms with van der Waals surface area (Å²) in [4.78, 5) is 31.8. The lowest BCUT2D eigenvalue weighted by molar-refractivity contribution is 0.219. The average Bonchev–Trinajstić information content (AvgIpc) is 2.90. The Labute approximate surface area is 151 Å². The van der Waals surface area contributed by atoms with Crippen LogP contribution < -0.4 is 11.2 Å². The van der Waals surface area contributed by atoms with Crippen molar-refractivity contribution < 1.29 is 13.6 Å². The maximum atomic E-state index is 12.7. The van der Waals surface area contributed by atoms with Crippen LogP contribution in [0.5, 0.6) is 0 Å². The third kappa shape index (κ3) is 4.34. The predicted molar refractivity (Wildman–Crippen MR) is 99.9 cm³/mol. The second kappa shape index (κ2) is 8.79. The van der Waals surface area contributed by atoms with Gasteiger partial charge in [-0.3, -0.25) is 18.9 Å². The van der Waals surface area contributed by atoms with Crippen LogP contribution in [-0.4, -0.2) is 38.5 Å². The number of aryl methyl sites for hydroxylation is 2. The number of rotatable bonds is 10. The summed E-state index contributed by atoms with van der Waals surface area (Å²) in [5.41, 5.74) is -0.152. The Morgan fingerprint density at radius 2 is 1.77 bits per heavy atom. The number of nitrogens with one attached hydrogen (secondary N) is 1. The van der Waals surface area contributed by atoms with Crippen molar-refractivity contribution >= 4 is 18.8 Å². The minimum atomic E-state index is -3.10. The van der Waals surface area contributed by atoms with Gasteiger partial charge in [-0.1, -0.05) is 6.92 Å². The van der Waals surface area contributed by atoms with Crippen molar-refractivity contribution in [1.29, 1.82) is 0 Å². The summed E-state index contributed by atoms with van der Waals surface area (Å²) in [6, 6.07) is 0. The molecule has 2 heterocycles. The van der Waals surface area contributed by atoms with Gasteiger partial charge in [0.2, 0.25) is 0 Å². The predicted octanol–water partition coefficient (Wildman–Crippen LogP) is 2.03. The third-order valence-corrected chi connectivity index (χ3v) is 6.30. The highest BCUT2D eigenvalue weighted by atomic mass is 31.2. The minimum absolute atomic E-state index is 0.231. The highest BCUT2D eigenvalue weighted by Crippen LogP contribution is 2.48. The van der Waals surface area contributed by atoms with Gasteiger partial charge in [0.25, 0.3) is 5.56 Å². The fourth-order valence-electron chi connectivity index (χ4n) is 2.92. The number of nitrogens with zero attached hydrogens (tertiary/aromatic N) is 3. The van der Waals surface area contributed by atoms with Crippen LogP contribution in [0.15, 0.2) is 9.59 Å². The molecule has 26 heavy (non-hydrogen) atoms. The van der Waals surface area contributed by atoms with Gasteiger partial charge in [-0.15, -0.1) is 0 Å². The van der Waals surface area contributed by atoms with Gasteiger partial charge in [0.15, 0.2) is 11.2 Å². The molecule has 0 aromatic carbocycles. The number of H-pyrrole nitrogens is 1. The van der Waals surface area contributed by atoms with E-state index in [1.807, 2.05) is 6.92 Å². The Morgan fingerprint density at radius 3 is 2.35 bits per heavy atom. The summed E-state index contributed by atoms with van der Waals surface area (Å²) in [7, 11) is -1.34. The summed E-state index contributed by atoms with van der Waals surface area (Å²) in [5.74, 6) is 0.736. The molecule has 1 N–H and O–H groups in total. The quantitative estimate of drug-likeness (QED) is 0.494. The first kappa shape index (κ1) is 20.6. The van der Waals surface area contributed by atoms with Crippen molar-refractivity contribution in [2.24, 2.45) is 7.05 Å². The lowest BCUT2D eigenvalue weighted by atomic mass is 10.3. The van der Waals surface area contributed by atoms with Gasteiger partial charge in [0, 0.05) is 20.0 Å². The molecular formula is C16H27N4O5P. The Hall–Kier alpha value is -1.70. The molecule has 2 aromatic heterocycles. The van der Waals surface area contributed by atoms with Gasteiger partial charge >= 0.3 is 13.3 Å². The fourth-order valence-corrected chi connectivity index (χ4v) is 4.65. The maximum Gasteiger partial charge on any atom is 0.330 e. The molecule has 0 unspecified atom stereocenters. The van der Waals surface area contributed by atoms with Gasteiger partial charge in [-0.05, 0) is 26.7 Å². The maximum absolute atomic E-state index is 12.7. The first-order chi connectivity index (χ1) is 12.4. The molecule has 0 fully saturated rings. The van der Waals surface area contributed by atoms with Crippen molar-refractivity contribution in [3.05, 3.63) is 26.7 Å². The third-order valence-electron chi connectivity index (χ3n) is 4.14. The number of hydrogen-bond donors (Lipinski definition) is 1. The molecule has 2 aromatic rings. The van der Waals surface area contributed by atoms with E-state index in [4.69, 9.17) is 9.05 Å². The summed E-state index contributed by atoms with van der Waals surface area (Å²) in [6.45, 7) is 6.32. The van der Waals surface area contributed by atoms with E-state index in [0.29, 0.717) is 43.6 Å². The first-order valence-electron chi connectivity index (χ1n) is 8.93. The van der Waals surface area contributed by atoms with Crippen LogP contribution in [0, 0.1) is 0 Å². The SMILES string of the molecule is CCOP(=O)(CCCCn1c(=O)[nH]c2nc(CC)n(C)c2c1=O)OCC. The Kier molecular flexibility index (Phi) is 6.97. The van der Waals surface area contributed by atoms with Gasteiger partial charge in [0.05, 0.1) is 19.4 Å². The molecule has 0 amide bonds. The van der Waals surface area contributed by atoms with E-state index in [2.05, 4.69) is 9.97 Å². The summed E-state index contributed by atoms with van der Waals surface area (Å²) in [6.07, 6.45) is 1.95. The van der Waals surface area contributed by atoms with Crippen LogP contribution in [-0.2, 0) is 33.6 Å². The highest BCUT2D eigenvalue weighted by Gasteiger charge is 2.22. The van der Waals surface area contributed by atoms with Crippen molar-refractivity contribution in [3.63, 3.8) is 0 Å². The number of aromatic amines is 1. The molecular weight excluding hydrogens is 359 g/mol. The Balaban J connectivity index is 2.14. The molecule has 0 saturated carbocycles. The Bertz CT molecular complexity index is 904. The fraction of sp³-hybridized carbons (Fsp3) is 0.688. The van der Waals surface area contributed by atoms with Crippen LogP contribution in [0.1, 0.15) is 39.4 Å². The van der Waals surface area contributed by atoms with Crippen LogP contribution in [0.3, 0.4) is 0 Å². The zero-order valence-electron chi connectivity index (χ0n) is 15.8. The van der Waals surface area contributed by atoms with Gasteiger partial charge in [0.1, 0.15) is 5.82 Å². The Morgan fingerprint density at radius 1 is 1.12 bits per heavy atom. The number of unbranched alkanes of at least 4 members (excludes halogenated alkanes) is 1. The van der Waals surface area contributed by atoms with E-state index in [0.717, 1.165) is 10.4 Å². The molecule has 0 aliphatic carbocycles. The van der Waals surface area contributed by atoms with Gasteiger partial charge in [-0.2, -0.15) is 0 Å². The van der Waals surface area contributed by atoms with Crippen LogP contribution in [0.4, 0.5) is 0 Å². The summed E-state index contributed by atoms with van der Waals surface area (Å²) < 4.78 is 25.8. The summed E-state index contributed by atoms with van der Waals surface area (Å²) >= 11 is 0. The normalized spacial score (nSPS) is 12.2. The lowest BCUT2D eigenvalue weighted by Crippen LogP contribution is -2.35. The molecule has 0 spiro atoms. The molecule has 10 heteroatoms. The van der Waals surface area contributed by atoms with E-state index in [9.17, 15) is 14.2 Å². The second-order valence-corrected chi connectivity index (χ2v) is 8.09. The number of imidazole rings is 1. The molecule has 0 aliphatic rings. The van der Waals surface area contributed by atoms with Crippen molar-refractivity contribution in [3.8, 4) is 0 Å². The summed E-state index contributed by atoms with van der Waals surface area (Å²) in [5, 5.41) is 0. The van der Waals surface area contributed by atoms with Crippen molar-refractivity contribution in [1.82, 2.24) is 19.1 Å². The monoisotopic (exact) mass is 386 g/mol. The standard InChI is InChI=1S/C16H27N4O5P/c1-5-12-17-14-13(19(12)4)15(21)20(16(22)18-14)10-8-9-11-26(23,24-6-2)25-7-3/h5-11H2,1-4H3,(H,18,22). The van der Waals surface area contributed by atoms with Crippen LogP contribution in [0.25, 0.3) is 11.2 Å². The lowest BCUT2D eigenvalue weighted by Gasteiger charge is -2.16. The topological polar surface area (TPSA) is 108 Å².